The number of carbonyl (C=O) groups excluding carboxylic acids is 2. The van der Waals surface area contributed by atoms with Gasteiger partial charge in [0.05, 0.1) is 11.5 Å². The Morgan fingerprint density at radius 1 is 1.12 bits per heavy atom. The molecule has 0 unspecified atom stereocenters. The first-order valence-corrected chi connectivity index (χ1v) is 12.6. The van der Waals surface area contributed by atoms with Crippen LogP contribution in [0.5, 0.6) is 5.75 Å². The van der Waals surface area contributed by atoms with E-state index >= 15 is 0 Å². The number of ether oxygens (including phenoxy) is 1. The molecule has 0 saturated heterocycles. The Kier molecular flexibility index (Phi) is 7.76. The van der Waals surface area contributed by atoms with Gasteiger partial charge in [-0.15, -0.1) is 0 Å². The molecule has 0 aliphatic carbocycles. The van der Waals surface area contributed by atoms with Crippen LogP contribution in [0.4, 0.5) is 11.4 Å². The fraction of sp³-hybridized carbons (Fsp3) is 0.417. The van der Waals surface area contributed by atoms with Crippen LogP contribution in [-0.4, -0.2) is 39.4 Å². The molecule has 0 spiro atoms. The summed E-state index contributed by atoms with van der Waals surface area (Å²) >= 11 is 0. The third-order valence-electron chi connectivity index (χ3n) is 5.39. The van der Waals surface area contributed by atoms with Crippen molar-refractivity contribution in [1.82, 2.24) is 4.72 Å². The molecule has 1 heterocycles. The second kappa shape index (κ2) is 10.4. The molecule has 0 saturated carbocycles. The topological polar surface area (TPSA) is 105 Å². The molecule has 0 aromatic heterocycles. The Bertz CT molecular complexity index is 1110. The predicted octanol–water partition coefficient (Wildman–Crippen LogP) is 3.33. The van der Waals surface area contributed by atoms with Gasteiger partial charge in [-0.3, -0.25) is 9.59 Å². The number of hydrogen-bond donors (Lipinski definition) is 2. The third-order valence-corrected chi connectivity index (χ3v) is 6.86. The minimum Gasteiger partial charge on any atom is -0.494 e. The maximum atomic E-state index is 13.1. The normalized spacial score (nSPS) is 14.2. The lowest BCUT2D eigenvalue weighted by Crippen LogP contribution is -2.44. The first-order valence-electron chi connectivity index (χ1n) is 11.1. The maximum absolute atomic E-state index is 13.1. The van der Waals surface area contributed by atoms with Crippen LogP contribution < -0.4 is 19.7 Å². The summed E-state index contributed by atoms with van der Waals surface area (Å²) < 4.78 is 34.2. The molecular weight excluding hydrogens is 442 g/mol. The first kappa shape index (κ1) is 24.7. The summed E-state index contributed by atoms with van der Waals surface area (Å²) in [7, 11) is -3.95. The lowest BCUT2D eigenvalue weighted by atomic mass is 10.0. The number of carbonyl (C=O) groups is 2. The summed E-state index contributed by atoms with van der Waals surface area (Å²) in [5, 5.41) is 2.79. The van der Waals surface area contributed by atoms with Crippen molar-refractivity contribution < 1.29 is 22.7 Å². The monoisotopic (exact) mass is 473 g/mol. The van der Waals surface area contributed by atoms with Crippen LogP contribution in [0.25, 0.3) is 0 Å². The van der Waals surface area contributed by atoms with E-state index in [2.05, 4.69) is 10.0 Å². The summed E-state index contributed by atoms with van der Waals surface area (Å²) in [6, 6.07) is 10.7. The van der Waals surface area contributed by atoms with Crippen molar-refractivity contribution in [3.8, 4) is 5.75 Å². The highest BCUT2D eigenvalue weighted by atomic mass is 32.2. The summed E-state index contributed by atoms with van der Waals surface area (Å²) in [6.07, 6.45) is 0.928. The van der Waals surface area contributed by atoms with Gasteiger partial charge >= 0.3 is 0 Å². The van der Waals surface area contributed by atoms with E-state index in [1.54, 1.807) is 41.3 Å². The van der Waals surface area contributed by atoms with Gasteiger partial charge in [0.15, 0.2) is 0 Å². The van der Waals surface area contributed by atoms with Crippen molar-refractivity contribution in [2.75, 3.05) is 23.4 Å². The Hall–Kier alpha value is -2.91. The predicted molar refractivity (Wildman–Crippen MR) is 128 cm³/mol. The van der Waals surface area contributed by atoms with Crippen LogP contribution in [0.2, 0.25) is 0 Å². The van der Waals surface area contributed by atoms with Crippen LogP contribution >= 0.6 is 0 Å². The molecule has 8 nitrogen and oxygen atoms in total. The standard InChI is InChI=1S/C24H31N3O5S/c1-5-32-20-8-6-19(7-9-20)25-24(29)22(14-16(2)3)26-33(30,31)21-10-11-23-18(15-21)12-13-27(23)17(4)28/h6-11,15-16,22,26H,5,12-14H2,1-4H3,(H,25,29)/t22-/m0/s1. The molecule has 2 amide bonds. The molecule has 0 bridgehead atoms. The molecule has 33 heavy (non-hydrogen) atoms. The molecule has 1 atom stereocenters. The average Bonchev–Trinajstić information content (AvgIpc) is 3.18. The second-order valence-corrected chi connectivity index (χ2v) is 10.2. The third kappa shape index (κ3) is 6.11. The van der Waals surface area contributed by atoms with Gasteiger partial charge in [-0.2, -0.15) is 4.72 Å². The molecule has 0 fully saturated rings. The minimum absolute atomic E-state index is 0.0780. The van der Waals surface area contributed by atoms with Crippen molar-refractivity contribution in [2.24, 2.45) is 5.92 Å². The van der Waals surface area contributed by atoms with Crippen LogP contribution in [0.1, 0.15) is 39.7 Å². The fourth-order valence-electron chi connectivity index (χ4n) is 3.84. The minimum atomic E-state index is -3.95. The van der Waals surface area contributed by atoms with Gasteiger partial charge in [0.1, 0.15) is 11.8 Å². The van der Waals surface area contributed by atoms with Crippen molar-refractivity contribution in [2.45, 2.75) is 51.5 Å². The van der Waals surface area contributed by atoms with Crippen molar-refractivity contribution in [3.63, 3.8) is 0 Å². The Morgan fingerprint density at radius 2 is 1.82 bits per heavy atom. The van der Waals surface area contributed by atoms with E-state index in [4.69, 9.17) is 4.74 Å². The van der Waals surface area contributed by atoms with E-state index in [0.29, 0.717) is 37.4 Å². The first-order chi connectivity index (χ1) is 15.6. The van der Waals surface area contributed by atoms with Crippen LogP contribution in [0, 0.1) is 5.92 Å². The van der Waals surface area contributed by atoms with Gasteiger partial charge in [0, 0.05) is 24.8 Å². The van der Waals surface area contributed by atoms with E-state index in [1.807, 2.05) is 20.8 Å². The van der Waals surface area contributed by atoms with Crippen LogP contribution in [0.15, 0.2) is 47.4 Å². The smallest absolute Gasteiger partial charge is 0.242 e. The Morgan fingerprint density at radius 3 is 2.42 bits per heavy atom. The second-order valence-electron chi connectivity index (χ2n) is 8.46. The quantitative estimate of drug-likeness (QED) is 0.581. The lowest BCUT2D eigenvalue weighted by molar-refractivity contribution is -0.118. The highest BCUT2D eigenvalue weighted by Crippen LogP contribution is 2.30. The largest absolute Gasteiger partial charge is 0.494 e. The van der Waals surface area contributed by atoms with Gasteiger partial charge in [0.25, 0.3) is 0 Å². The number of sulfonamides is 1. The molecule has 1 aliphatic rings. The number of rotatable bonds is 9. The zero-order valence-corrected chi connectivity index (χ0v) is 20.2. The molecule has 2 aromatic carbocycles. The average molecular weight is 474 g/mol. The van der Waals surface area contributed by atoms with Gasteiger partial charge in [-0.1, -0.05) is 13.8 Å². The molecular formula is C24H31N3O5S. The van der Waals surface area contributed by atoms with Crippen molar-refractivity contribution >= 4 is 33.2 Å². The maximum Gasteiger partial charge on any atom is 0.242 e. The van der Waals surface area contributed by atoms with Crippen LogP contribution in [0.3, 0.4) is 0 Å². The molecule has 3 rings (SSSR count). The number of anilines is 2. The molecule has 9 heteroatoms. The van der Waals surface area contributed by atoms with Gasteiger partial charge in [0.2, 0.25) is 21.8 Å². The van der Waals surface area contributed by atoms with Gasteiger partial charge in [-0.25, -0.2) is 8.42 Å². The molecule has 2 N–H and O–H groups in total. The van der Waals surface area contributed by atoms with E-state index in [0.717, 1.165) is 11.3 Å². The summed E-state index contributed by atoms with van der Waals surface area (Å²) in [5.74, 6) is 0.272. The number of fused-ring (bicyclic) bond motifs is 1. The number of nitrogens with one attached hydrogen (secondary N) is 2. The molecule has 2 aromatic rings. The molecule has 178 valence electrons. The number of amides is 2. The van der Waals surface area contributed by atoms with Crippen molar-refractivity contribution in [1.29, 1.82) is 0 Å². The summed E-state index contributed by atoms with van der Waals surface area (Å²) in [6.45, 7) is 8.30. The fourth-order valence-corrected chi connectivity index (χ4v) is 5.10. The number of hydrogen-bond acceptors (Lipinski definition) is 5. The number of nitrogens with zero attached hydrogens (tertiary/aromatic N) is 1. The van der Waals surface area contributed by atoms with Gasteiger partial charge < -0.3 is 15.0 Å². The molecule has 1 aliphatic heterocycles. The SMILES string of the molecule is CCOc1ccc(NC(=O)[C@H](CC(C)C)NS(=O)(=O)c2ccc3c(c2)CCN3C(C)=O)cc1. The van der Waals surface area contributed by atoms with Gasteiger partial charge in [-0.05, 0) is 73.7 Å². The zero-order chi connectivity index (χ0) is 24.2. The number of benzene rings is 2. The van der Waals surface area contributed by atoms with E-state index in [9.17, 15) is 18.0 Å². The summed E-state index contributed by atoms with van der Waals surface area (Å²) in [5.41, 5.74) is 2.08. The Balaban J connectivity index is 1.77. The zero-order valence-electron chi connectivity index (χ0n) is 19.4. The summed E-state index contributed by atoms with van der Waals surface area (Å²) in [4.78, 5) is 26.4. The van der Waals surface area contributed by atoms with E-state index < -0.39 is 22.0 Å². The van der Waals surface area contributed by atoms with Crippen molar-refractivity contribution in [3.05, 3.63) is 48.0 Å². The van der Waals surface area contributed by atoms with Crippen LogP contribution in [-0.2, 0) is 26.0 Å². The highest BCUT2D eigenvalue weighted by molar-refractivity contribution is 7.89. The van der Waals surface area contributed by atoms with E-state index in [-0.39, 0.29) is 16.7 Å². The van der Waals surface area contributed by atoms with E-state index in [1.165, 1.54) is 13.0 Å². The molecule has 0 radical (unpaired) electrons. The highest BCUT2D eigenvalue weighted by Gasteiger charge is 2.29. The Labute approximate surface area is 195 Å². The lowest BCUT2D eigenvalue weighted by Gasteiger charge is -2.21.